The predicted molar refractivity (Wildman–Crippen MR) is 97.9 cm³/mol. The van der Waals surface area contributed by atoms with Crippen molar-refractivity contribution < 1.29 is 9.66 Å². The summed E-state index contributed by atoms with van der Waals surface area (Å²) < 4.78 is 8.77. The molecule has 140 valence electrons. The molecule has 2 heterocycles. The molecule has 0 aliphatic rings. The van der Waals surface area contributed by atoms with Gasteiger partial charge in [-0.15, -0.1) is 10.2 Å². The average Bonchev–Trinajstić information content (AvgIpc) is 3.39. The van der Waals surface area contributed by atoms with Crippen molar-refractivity contribution in [1.29, 1.82) is 0 Å². The predicted octanol–water partition coefficient (Wildman–Crippen LogP) is 2.47. The van der Waals surface area contributed by atoms with Gasteiger partial charge in [0.05, 0.1) is 41.9 Å². The van der Waals surface area contributed by atoms with Crippen LogP contribution >= 0.6 is 0 Å². The first-order chi connectivity index (χ1) is 13.7. The molecule has 0 amide bonds. The van der Waals surface area contributed by atoms with Gasteiger partial charge in [-0.2, -0.15) is 0 Å². The smallest absolute Gasteiger partial charge is 0.271 e. The van der Waals surface area contributed by atoms with E-state index in [2.05, 4.69) is 20.6 Å². The standard InChI is InChI=1S/C18H15N7O3/c26-25(27)18-8-4-7-17(9-18)24-11-15(20-22-24)13-28-12-14-10-23(21-19-14)16-5-2-1-3-6-16/h1-11H,12-13H2. The van der Waals surface area contributed by atoms with Crippen LogP contribution in [-0.4, -0.2) is 34.9 Å². The maximum Gasteiger partial charge on any atom is 0.271 e. The molecular formula is C18H15N7O3. The number of para-hydroxylation sites is 1. The van der Waals surface area contributed by atoms with Gasteiger partial charge in [-0.3, -0.25) is 10.1 Å². The fourth-order valence-corrected chi connectivity index (χ4v) is 2.57. The molecule has 0 bridgehead atoms. The van der Waals surface area contributed by atoms with Crippen molar-refractivity contribution in [3.05, 3.63) is 88.5 Å². The SMILES string of the molecule is O=[N+]([O-])c1cccc(-n2cc(COCc3cn(-c4ccccc4)nn3)nn2)c1. The van der Waals surface area contributed by atoms with Crippen molar-refractivity contribution in [1.82, 2.24) is 30.0 Å². The Bertz CT molecular complexity index is 1090. The lowest BCUT2D eigenvalue weighted by Gasteiger charge is -2.00. The minimum atomic E-state index is -0.451. The summed E-state index contributed by atoms with van der Waals surface area (Å²) >= 11 is 0. The molecule has 0 saturated carbocycles. The van der Waals surface area contributed by atoms with Crippen LogP contribution in [0, 0.1) is 10.1 Å². The summed E-state index contributed by atoms with van der Waals surface area (Å²) in [5.41, 5.74) is 2.75. The Kier molecular flexibility index (Phi) is 4.85. The van der Waals surface area contributed by atoms with Crippen molar-refractivity contribution >= 4 is 5.69 Å². The fraction of sp³-hybridized carbons (Fsp3) is 0.111. The van der Waals surface area contributed by atoms with Crippen molar-refractivity contribution in [3.8, 4) is 11.4 Å². The van der Waals surface area contributed by atoms with E-state index in [1.165, 1.54) is 16.8 Å². The molecule has 0 N–H and O–H groups in total. The van der Waals surface area contributed by atoms with Gasteiger partial charge in [-0.1, -0.05) is 34.7 Å². The molecule has 0 spiro atoms. The van der Waals surface area contributed by atoms with Crippen LogP contribution in [0.4, 0.5) is 5.69 Å². The van der Waals surface area contributed by atoms with Crippen LogP contribution in [0.5, 0.6) is 0 Å². The van der Waals surface area contributed by atoms with E-state index in [1.54, 1.807) is 29.2 Å². The van der Waals surface area contributed by atoms with Crippen LogP contribution in [0.1, 0.15) is 11.4 Å². The lowest BCUT2D eigenvalue weighted by Crippen LogP contribution is -1.96. The maximum absolute atomic E-state index is 10.9. The Morgan fingerprint density at radius 2 is 1.46 bits per heavy atom. The molecule has 0 aliphatic heterocycles. The normalized spacial score (nSPS) is 10.9. The zero-order valence-corrected chi connectivity index (χ0v) is 14.6. The van der Waals surface area contributed by atoms with E-state index in [-0.39, 0.29) is 18.9 Å². The van der Waals surface area contributed by atoms with Gasteiger partial charge in [0.1, 0.15) is 11.4 Å². The van der Waals surface area contributed by atoms with Gasteiger partial charge in [-0.25, -0.2) is 9.36 Å². The number of aromatic nitrogens is 6. The molecule has 2 aromatic carbocycles. The van der Waals surface area contributed by atoms with E-state index >= 15 is 0 Å². The molecule has 4 rings (SSSR count). The number of ether oxygens (including phenoxy) is 1. The minimum absolute atomic E-state index is 0.00713. The highest BCUT2D eigenvalue weighted by molar-refractivity contribution is 5.42. The highest BCUT2D eigenvalue weighted by Crippen LogP contribution is 2.16. The second-order valence-electron chi connectivity index (χ2n) is 5.91. The first-order valence-corrected chi connectivity index (χ1v) is 8.39. The third-order valence-electron chi connectivity index (χ3n) is 3.91. The van der Waals surface area contributed by atoms with E-state index in [9.17, 15) is 10.1 Å². The molecular weight excluding hydrogens is 362 g/mol. The summed E-state index contributed by atoms with van der Waals surface area (Å²) in [7, 11) is 0. The third kappa shape index (κ3) is 3.91. The average molecular weight is 377 g/mol. The van der Waals surface area contributed by atoms with Gasteiger partial charge in [0.2, 0.25) is 0 Å². The lowest BCUT2D eigenvalue weighted by atomic mass is 10.3. The van der Waals surface area contributed by atoms with E-state index in [1.807, 2.05) is 30.3 Å². The van der Waals surface area contributed by atoms with Gasteiger partial charge in [0.15, 0.2) is 0 Å². The molecule has 0 radical (unpaired) electrons. The number of nitrogens with zero attached hydrogens (tertiary/aromatic N) is 7. The topological polar surface area (TPSA) is 114 Å². The molecule has 2 aromatic heterocycles. The molecule has 10 heteroatoms. The molecule has 0 fully saturated rings. The summed E-state index contributed by atoms with van der Waals surface area (Å²) in [5, 5.41) is 27.1. The van der Waals surface area contributed by atoms with Crippen LogP contribution in [0.25, 0.3) is 11.4 Å². The summed E-state index contributed by atoms with van der Waals surface area (Å²) in [5.74, 6) is 0. The van der Waals surface area contributed by atoms with Gasteiger partial charge in [0.25, 0.3) is 5.69 Å². The number of hydrogen-bond donors (Lipinski definition) is 0. The fourth-order valence-electron chi connectivity index (χ4n) is 2.57. The largest absolute Gasteiger partial charge is 0.369 e. The number of nitro groups is 1. The van der Waals surface area contributed by atoms with Gasteiger partial charge in [0, 0.05) is 12.1 Å². The van der Waals surface area contributed by atoms with Crippen molar-refractivity contribution in [2.75, 3.05) is 0 Å². The number of hydrogen-bond acceptors (Lipinski definition) is 7. The highest BCUT2D eigenvalue weighted by atomic mass is 16.6. The van der Waals surface area contributed by atoms with E-state index in [4.69, 9.17) is 4.74 Å². The minimum Gasteiger partial charge on any atom is -0.369 e. The Balaban J connectivity index is 1.36. The zero-order valence-electron chi connectivity index (χ0n) is 14.6. The maximum atomic E-state index is 10.9. The van der Waals surface area contributed by atoms with Crippen LogP contribution in [-0.2, 0) is 18.0 Å². The highest BCUT2D eigenvalue weighted by Gasteiger charge is 2.09. The van der Waals surface area contributed by atoms with Crippen LogP contribution in [0.2, 0.25) is 0 Å². The molecule has 0 saturated heterocycles. The van der Waals surface area contributed by atoms with Crippen LogP contribution in [0.15, 0.2) is 67.0 Å². The first-order valence-electron chi connectivity index (χ1n) is 8.39. The van der Waals surface area contributed by atoms with Gasteiger partial charge in [-0.05, 0) is 18.2 Å². The monoisotopic (exact) mass is 377 g/mol. The van der Waals surface area contributed by atoms with Crippen molar-refractivity contribution in [3.63, 3.8) is 0 Å². The zero-order chi connectivity index (χ0) is 19.3. The number of non-ortho nitro benzene ring substituents is 1. The van der Waals surface area contributed by atoms with Crippen molar-refractivity contribution in [2.24, 2.45) is 0 Å². The Hall–Kier alpha value is -3.92. The second-order valence-corrected chi connectivity index (χ2v) is 5.91. The molecule has 0 atom stereocenters. The Labute approximate surface area is 159 Å². The summed E-state index contributed by atoms with van der Waals surface area (Å²) in [4.78, 5) is 10.4. The molecule has 0 aliphatic carbocycles. The number of nitro benzene ring substituents is 1. The first kappa shape index (κ1) is 17.5. The van der Waals surface area contributed by atoms with Crippen LogP contribution in [0.3, 0.4) is 0 Å². The lowest BCUT2D eigenvalue weighted by molar-refractivity contribution is -0.384. The third-order valence-corrected chi connectivity index (χ3v) is 3.91. The van der Waals surface area contributed by atoms with Crippen molar-refractivity contribution in [2.45, 2.75) is 13.2 Å². The number of benzene rings is 2. The van der Waals surface area contributed by atoms with E-state index in [0.29, 0.717) is 17.1 Å². The molecule has 0 unspecified atom stereocenters. The number of rotatable bonds is 7. The molecule has 28 heavy (non-hydrogen) atoms. The molecule has 10 nitrogen and oxygen atoms in total. The van der Waals surface area contributed by atoms with E-state index in [0.717, 1.165) is 5.69 Å². The van der Waals surface area contributed by atoms with Crippen LogP contribution < -0.4 is 0 Å². The quantitative estimate of drug-likeness (QED) is 0.359. The van der Waals surface area contributed by atoms with Gasteiger partial charge < -0.3 is 4.74 Å². The second kappa shape index (κ2) is 7.76. The summed E-state index contributed by atoms with van der Waals surface area (Å²) in [6.45, 7) is 0.504. The summed E-state index contributed by atoms with van der Waals surface area (Å²) in [6, 6.07) is 15.8. The Morgan fingerprint density at radius 3 is 2.11 bits per heavy atom. The van der Waals surface area contributed by atoms with E-state index < -0.39 is 4.92 Å². The summed E-state index contributed by atoms with van der Waals surface area (Å²) in [6.07, 6.45) is 3.47. The van der Waals surface area contributed by atoms with Gasteiger partial charge >= 0.3 is 0 Å². The Morgan fingerprint density at radius 1 is 0.857 bits per heavy atom. The molecule has 4 aromatic rings.